The molecule has 2 aromatic rings. The second-order valence-electron chi connectivity index (χ2n) is 6.77. The molecule has 0 N–H and O–H groups in total. The van der Waals surface area contributed by atoms with Crippen molar-refractivity contribution in [1.29, 1.82) is 0 Å². The van der Waals surface area contributed by atoms with Crippen LogP contribution in [-0.4, -0.2) is 40.7 Å². The summed E-state index contributed by atoms with van der Waals surface area (Å²) >= 11 is 3.39. The molecule has 6 heteroatoms. The van der Waals surface area contributed by atoms with Gasteiger partial charge in [0.05, 0.1) is 17.3 Å². The van der Waals surface area contributed by atoms with Gasteiger partial charge in [-0.15, -0.1) is 11.8 Å². The highest BCUT2D eigenvalue weighted by Crippen LogP contribution is 2.49. The number of amidine groups is 1. The van der Waals surface area contributed by atoms with Crippen molar-refractivity contribution in [2.75, 3.05) is 29.5 Å². The lowest BCUT2D eigenvalue weighted by atomic mass is 9.77. The molecule has 2 aromatic carbocycles. The van der Waals surface area contributed by atoms with Gasteiger partial charge < -0.3 is 0 Å². The summed E-state index contributed by atoms with van der Waals surface area (Å²) in [7, 11) is 0. The smallest absolute Gasteiger partial charge is 0.250 e. The number of nitrogens with zero attached hydrogens (tertiary/aromatic N) is 3. The van der Waals surface area contributed by atoms with E-state index in [2.05, 4.69) is 23.2 Å². The van der Waals surface area contributed by atoms with E-state index in [1.54, 1.807) is 23.5 Å². The first kappa shape index (κ1) is 17.1. The van der Waals surface area contributed by atoms with Crippen LogP contribution in [-0.2, 0) is 16.6 Å². The minimum atomic E-state index is -0.745. The number of fused-ring (bicyclic) bond motifs is 1. The van der Waals surface area contributed by atoms with Gasteiger partial charge in [0.15, 0.2) is 5.17 Å². The van der Waals surface area contributed by atoms with Gasteiger partial charge in [-0.3, -0.25) is 19.7 Å². The molecule has 0 saturated heterocycles. The molecule has 5 rings (SSSR count). The number of amides is 1. The van der Waals surface area contributed by atoms with Crippen LogP contribution in [0.2, 0.25) is 0 Å². The number of hydrogen-bond donors (Lipinski definition) is 0. The molecular formula is C21H19N3OS2. The standard InChI is InChI=1S/C21H19N3OS2/c25-19-21(18-22-10-12-26-18,14-15-6-2-1-3-7-15)16-8-4-5-9-17(16)24(19)20-23-11-13-27-20/h1-9H,10-14H2. The molecule has 4 nitrogen and oxygen atoms in total. The summed E-state index contributed by atoms with van der Waals surface area (Å²) in [5, 5.41) is 1.78. The maximum Gasteiger partial charge on any atom is 0.250 e. The highest BCUT2D eigenvalue weighted by molar-refractivity contribution is 8.15. The van der Waals surface area contributed by atoms with E-state index in [-0.39, 0.29) is 5.91 Å². The Morgan fingerprint density at radius 3 is 2.41 bits per heavy atom. The van der Waals surface area contributed by atoms with Crippen molar-refractivity contribution in [3.63, 3.8) is 0 Å². The molecule has 3 heterocycles. The van der Waals surface area contributed by atoms with Crippen LogP contribution >= 0.6 is 23.5 Å². The fraction of sp³-hybridized carbons (Fsp3) is 0.286. The van der Waals surface area contributed by atoms with Crippen molar-refractivity contribution in [2.45, 2.75) is 11.8 Å². The van der Waals surface area contributed by atoms with Gasteiger partial charge >= 0.3 is 0 Å². The van der Waals surface area contributed by atoms with Crippen LogP contribution in [0.5, 0.6) is 0 Å². The van der Waals surface area contributed by atoms with Gasteiger partial charge in [0.25, 0.3) is 5.91 Å². The largest absolute Gasteiger partial charge is 0.281 e. The Kier molecular flexibility index (Phi) is 4.32. The Morgan fingerprint density at radius 1 is 0.926 bits per heavy atom. The van der Waals surface area contributed by atoms with E-state index >= 15 is 0 Å². The lowest BCUT2D eigenvalue weighted by Crippen LogP contribution is -2.47. The van der Waals surface area contributed by atoms with Crippen LogP contribution < -0.4 is 4.90 Å². The maximum absolute atomic E-state index is 14.0. The molecule has 1 unspecified atom stereocenters. The Labute approximate surface area is 167 Å². The zero-order valence-corrected chi connectivity index (χ0v) is 16.4. The molecule has 0 spiro atoms. The number of carbonyl (C=O) groups is 1. The van der Waals surface area contributed by atoms with Crippen LogP contribution in [0.4, 0.5) is 5.69 Å². The quantitative estimate of drug-likeness (QED) is 0.798. The molecule has 0 saturated carbocycles. The molecule has 0 fully saturated rings. The topological polar surface area (TPSA) is 45.0 Å². The van der Waals surface area contributed by atoms with Gasteiger partial charge in [0, 0.05) is 18.1 Å². The number of benzene rings is 2. The third-order valence-electron chi connectivity index (χ3n) is 5.20. The normalized spacial score (nSPS) is 24.1. The summed E-state index contributed by atoms with van der Waals surface area (Å²) in [4.78, 5) is 25.2. The van der Waals surface area contributed by atoms with Gasteiger partial charge in [-0.05, 0) is 23.6 Å². The van der Waals surface area contributed by atoms with E-state index in [0.29, 0.717) is 6.42 Å². The molecule has 3 aliphatic heterocycles. The summed E-state index contributed by atoms with van der Waals surface area (Å²) in [6.07, 6.45) is 0.629. The SMILES string of the molecule is O=C1N(C2=NCCS2)c2ccccc2C1(Cc1ccccc1)C1=NCCS1. The van der Waals surface area contributed by atoms with Crippen molar-refractivity contribution >= 4 is 45.3 Å². The van der Waals surface area contributed by atoms with Crippen LogP contribution in [0.25, 0.3) is 0 Å². The number of para-hydroxylation sites is 1. The van der Waals surface area contributed by atoms with Gasteiger partial charge in [-0.1, -0.05) is 60.3 Å². The number of aliphatic imine (C=N–C) groups is 2. The second-order valence-corrected chi connectivity index (χ2v) is 8.92. The average molecular weight is 394 g/mol. The summed E-state index contributed by atoms with van der Waals surface area (Å²) in [5.41, 5.74) is 2.42. The van der Waals surface area contributed by atoms with Crippen molar-refractivity contribution in [3.05, 3.63) is 65.7 Å². The van der Waals surface area contributed by atoms with Crippen molar-refractivity contribution in [3.8, 4) is 0 Å². The zero-order chi connectivity index (χ0) is 18.3. The number of anilines is 1. The van der Waals surface area contributed by atoms with Crippen LogP contribution in [0, 0.1) is 0 Å². The van der Waals surface area contributed by atoms with E-state index in [1.807, 2.05) is 41.3 Å². The Morgan fingerprint density at radius 2 is 1.67 bits per heavy atom. The molecule has 3 aliphatic rings. The third kappa shape index (κ3) is 2.65. The Balaban J connectivity index is 1.71. The monoisotopic (exact) mass is 393 g/mol. The van der Waals surface area contributed by atoms with E-state index in [4.69, 9.17) is 4.99 Å². The van der Waals surface area contributed by atoms with Crippen LogP contribution in [0.15, 0.2) is 64.6 Å². The maximum atomic E-state index is 14.0. The van der Waals surface area contributed by atoms with E-state index in [9.17, 15) is 4.79 Å². The van der Waals surface area contributed by atoms with E-state index < -0.39 is 5.41 Å². The lowest BCUT2D eigenvalue weighted by molar-refractivity contribution is -0.120. The molecule has 0 aromatic heterocycles. The molecular weight excluding hydrogens is 374 g/mol. The highest BCUT2D eigenvalue weighted by Gasteiger charge is 2.56. The predicted octanol–water partition coefficient (Wildman–Crippen LogP) is 3.76. The summed E-state index contributed by atoms with van der Waals surface area (Å²) < 4.78 is 0. The summed E-state index contributed by atoms with van der Waals surface area (Å²) in [6, 6.07) is 18.4. The van der Waals surface area contributed by atoms with E-state index in [1.165, 1.54) is 0 Å². The van der Waals surface area contributed by atoms with Gasteiger partial charge in [0.2, 0.25) is 0 Å². The minimum absolute atomic E-state index is 0.0915. The molecule has 0 aliphatic carbocycles. The first-order chi connectivity index (χ1) is 13.3. The second kappa shape index (κ2) is 6.84. The average Bonchev–Trinajstić information content (AvgIpc) is 3.45. The molecule has 0 radical (unpaired) electrons. The molecule has 27 heavy (non-hydrogen) atoms. The van der Waals surface area contributed by atoms with Crippen molar-refractivity contribution < 1.29 is 4.79 Å². The molecule has 1 amide bonds. The molecule has 0 bridgehead atoms. The number of rotatable bonds is 3. The first-order valence-electron chi connectivity index (χ1n) is 9.14. The first-order valence-corrected chi connectivity index (χ1v) is 11.1. The lowest BCUT2D eigenvalue weighted by Gasteiger charge is -2.29. The Hall–Kier alpha value is -2.05. The van der Waals surface area contributed by atoms with Crippen LogP contribution in [0.3, 0.4) is 0 Å². The zero-order valence-electron chi connectivity index (χ0n) is 14.8. The highest BCUT2D eigenvalue weighted by atomic mass is 32.2. The molecule has 1 atom stereocenters. The fourth-order valence-corrected chi connectivity index (χ4v) is 5.97. The van der Waals surface area contributed by atoms with Gasteiger partial charge in [0.1, 0.15) is 5.41 Å². The fourth-order valence-electron chi connectivity index (χ4n) is 4.04. The number of carbonyl (C=O) groups excluding carboxylic acids is 1. The number of thioether (sulfide) groups is 2. The van der Waals surface area contributed by atoms with E-state index in [0.717, 1.165) is 51.6 Å². The summed E-state index contributed by atoms with van der Waals surface area (Å²) in [6.45, 7) is 1.55. The number of hydrogen-bond acceptors (Lipinski definition) is 5. The van der Waals surface area contributed by atoms with Crippen molar-refractivity contribution in [1.82, 2.24) is 0 Å². The van der Waals surface area contributed by atoms with Gasteiger partial charge in [-0.25, -0.2) is 0 Å². The summed E-state index contributed by atoms with van der Waals surface area (Å²) in [5.74, 6) is 1.97. The Bertz CT molecular complexity index is 957. The molecule has 136 valence electrons. The predicted molar refractivity (Wildman–Crippen MR) is 115 cm³/mol. The third-order valence-corrected chi connectivity index (χ3v) is 7.29. The van der Waals surface area contributed by atoms with Gasteiger partial charge in [-0.2, -0.15) is 0 Å². The van der Waals surface area contributed by atoms with Crippen LogP contribution in [0.1, 0.15) is 11.1 Å². The van der Waals surface area contributed by atoms with Crippen molar-refractivity contribution in [2.24, 2.45) is 9.98 Å². The minimum Gasteiger partial charge on any atom is -0.281 e.